The monoisotopic (exact) mass is 474 g/mol. The highest BCUT2D eigenvalue weighted by Gasteiger charge is 2.24. The Morgan fingerprint density at radius 3 is 2.44 bits per heavy atom. The molecule has 3 aromatic carbocycles. The van der Waals surface area contributed by atoms with Gasteiger partial charge in [0.05, 0.1) is 17.3 Å². The van der Waals surface area contributed by atoms with Crippen molar-refractivity contribution in [1.82, 2.24) is 4.57 Å². The first-order valence-electron chi connectivity index (χ1n) is 11.1. The van der Waals surface area contributed by atoms with E-state index in [0.717, 1.165) is 21.3 Å². The number of amides is 1. The number of nitrogens with zero attached hydrogens (tertiary/aromatic N) is 2. The average Bonchev–Trinajstić information content (AvgIpc) is 3.21. The summed E-state index contributed by atoms with van der Waals surface area (Å²) in [5.74, 6) is -0.0818. The summed E-state index contributed by atoms with van der Waals surface area (Å²) in [6, 6.07) is 22.2. The molecule has 4 rings (SSSR count). The fraction of sp³-hybridized carbons (Fsp3) is 0.222. The lowest BCUT2D eigenvalue weighted by Gasteiger charge is -2.16. The molecule has 0 spiro atoms. The first kappa shape index (κ1) is 23.4. The van der Waals surface area contributed by atoms with E-state index in [-0.39, 0.29) is 11.9 Å². The highest BCUT2D eigenvalue weighted by atomic mass is 32.1. The Morgan fingerprint density at radius 2 is 1.76 bits per heavy atom. The SMILES string of the molecule is CCC(C(=O)OC)n1/c(=N/C(=O)c2ccc(C)cc2)sc2ccc(OCc3ccccc3)cc21. The third-order valence-corrected chi connectivity index (χ3v) is 6.55. The van der Waals surface area contributed by atoms with Gasteiger partial charge in [-0.1, -0.05) is 66.3 Å². The Kier molecular flexibility index (Phi) is 7.23. The quantitative estimate of drug-likeness (QED) is 0.334. The number of carbonyl (C=O) groups is 2. The minimum atomic E-state index is -0.618. The van der Waals surface area contributed by atoms with Gasteiger partial charge in [-0.2, -0.15) is 4.99 Å². The number of ether oxygens (including phenoxy) is 2. The molecule has 0 aliphatic rings. The number of rotatable bonds is 7. The van der Waals surface area contributed by atoms with Crippen LogP contribution in [0.4, 0.5) is 0 Å². The second-order valence-electron chi connectivity index (χ2n) is 7.89. The summed E-state index contributed by atoms with van der Waals surface area (Å²) < 4.78 is 13.7. The molecule has 1 atom stereocenters. The van der Waals surface area contributed by atoms with Crippen LogP contribution in [0.15, 0.2) is 77.8 Å². The third kappa shape index (κ3) is 5.10. The second-order valence-corrected chi connectivity index (χ2v) is 8.90. The highest BCUT2D eigenvalue weighted by Crippen LogP contribution is 2.28. The van der Waals surface area contributed by atoms with Crippen LogP contribution in [0, 0.1) is 6.92 Å². The van der Waals surface area contributed by atoms with Gasteiger partial charge in [0.2, 0.25) is 0 Å². The van der Waals surface area contributed by atoms with Crippen molar-refractivity contribution in [2.75, 3.05) is 7.11 Å². The summed E-state index contributed by atoms with van der Waals surface area (Å²) in [5, 5.41) is 0. The van der Waals surface area contributed by atoms with Gasteiger partial charge >= 0.3 is 5.97 Å². The minimum absolute atomic E-state index is 0.361. The largest absolute Gasteiger partial charge is 0.489 e. The summed E-state index contributed by atoms with van der Waals surface area (Å²) in [6.45, 7) is 4.29. The Labute approximate surface area is 202 Å². The number of hydrogen-bond acceptors (Lipinski definition) is 5. The van der Waals surface area contributed by atoms with E-state index in [2.05, 4.69) is 4.99 Å². The molecule has 7 heteroatoms. The topological polar surface area (TPSA) is 69.9 Å². The van der Waals surface area contributed by atoms with Gasteiger partial charge in [0.1, 0.15) is 18.4 Å². The summed E-state index contributed by atoms with van der Waals surface area (Å²) >= 11 is 1.36. The summed E-state index contributed by atoms with van der Waals surface area (Å²) in [6.07, 6.45) is 0.486. The molecule has 6 nitrogen and oxygen atoms in total. The zero-order chi connectivity index (χ0) is 24.1. The van der Waals surface area contributed by atoms with Gasteiger partial charge in [-0.05, 0) is 43.2 Å². The van der Waals surface area contributed by atoms with Crippen molar-refractivity contribution >= 4 is 33.4 Å². The Balaban J connectivity index is 1.79. The van der Waals surface area contributed by atoms with E-state index in [9.17, 15) is 9.59 Å². The van der Waals surface area contributed by atoms with Crippen molar-refractivity contribution in [1.29, 1.82) is 0 Å². The summed E-state index contributed by atoms with van der Waals surface area (Å²) in [7, 11) is 1.36. The molecule has 0 radical (unpaired) electrons. The third-order valence-electron chi connectivity index (χ3n) is 5.51. The number of fused-ring (bicyclic) bond motifs is 1. The van der Waals surface area contributed by atoms with Crippen LogP contribution in [0.3, 0.4) is 0 Å². The molecule has 0 aliphatic carbocycles. The minimum Gasteiger partial charge on any atom is -0.489 e. The zero-order valence-corrected chi connectivity index (χ0v) is 20.2. The molecule has 174 valence electrons. The van der Waals surface area contributed by atoms with Crippen molar-refractivity contribution in [2.45, 2.75) is 32.9 Å². The van der Waals surface area contributed by atoms with Gasteiger partial charge in [0, 0.05) is 11.6 Å². The lowest BCUT2D eigenvalue weighted by atomic mass is 10.1. The van der Waals surface area contributed by atoms with E-state index in [4.69, 9.17) is 9.47 Å². The number of hydrogen-bond donors (Lipinski definition) is 0. The lowest BCUT2D eigenvalue weighted by Crippen LogP contribution is -2.28. The maximum absolute atomic E-state index is 12.9. The number of esters is 1. The van der Waals surface area contributed by atoms with Crippen LogP contribution in [0.5, 0.6) is 5.75 Å². The van der Waals surface area contributed by atoms with Crippen LogP contribution in [-0.4, -0.2) is 23.6 Å². The molecule has 0 aliphatic heterocycles. The Morgan fingerprint density at radius 1 is 1.03 bits per heavy atom. The molecule has 4 aromatic rings. The van der Waals surface area contributed by atoms with Gasteiger partial charge in [-0.25, -0.2) is 4.79 Å². The van der Waals surface area contributed by atoms with E-state index < -0.39 is 6.04 Å². The van der Waals surface area contributed by atoms with Crippen LogP contribution in [0.2, 0.25) is 0 Å². The highest BCUT2D eigenvalue weighted by molar-refractivity contribution is 7.16. The van der Waals surface area contributed by atoms with Crippen LogP contribution >= 0.6 is 11.3 Å². The van der Waals surface area contributed by atoms with Crippen LogP contribution in [0.25, 0.3) is 10.2 Å². The second kappa shape index (κ2) is 10.5. The number of aryl methyl sites for hydroxylation is 1. The van der Waals surface area contributed by atoms with Crippen LogP contribution in [0.1, 0.15) is 40.9 Å². The van der Waals surface area contributed by atoms with Crippen molar-refractivity contribution in [2.24, 2.45) is 4.99 Å². The first-order valence-corrected chi connectivity index (χ1v) is 11.9. The van der Waals surface area contributed by atoms with Gasteiger partial charge in [-0.15, -0.1) is 0 Å². The molecule has 1 amide bonds. The Bertz CT molecular complexity index is 1370. The predicted molar refractivity (Wildman–Crippen MR) is 133 cm³/mol. The van der Waals surface area contributed by atoms with Gasteiger partial charge in [0.25, 0.3) is 5.91 Å². The van der Waals surface area contributed by atoms with Crippen LogP contribution in [-0.2, 0) is 16.1 Å². The smallest absolute Gasteiger partial charge is 0.328 e. The normalized spacial score (nSPS) is 12.5. The molecule has 0 bridgehead atoms. The molecular formula is C27H26N2O4S. The Hall–Kier alpha value is -3.71. The molecule has 0 fully saturated rings. The molecule has 0 saturated heterocycles. The number of methoxy groups -OCH3 is 1. The number of aromatic nitrogens is 1. The fourth-order valence-corrected chi connectivity index (χ4v) is 4.72. The van der Waals surface area contributed by atoms with E-state index in [1.807, 2.05) is 74.5 Å². The van der Waals surface area contributed by atoms with E-state index in [1.165, 1.54) is 18.4 Å². The van der Waals surface area contributed by atoms with Gasteiger partial charge in [-0.3, -0.25) is 4.79 Å². The molecular weight excluding hydrogens is 448 g/mol. The maximum Gasteiger partial charge on any atom is 0.328 e. The summed E-state index contributed by atoms with van der Waals surface area (Å²) in [4.78, 5) is 30.4. The van der Waals surface area contributed by atoms with E-state index in [1.54, 1.807) is 16.7 Å². The molecule has 0 saturated carbocycles. The van der Waals surface area contributed by atoms with Gasteiger partial charge < -0.3 is 14.0 Å². The molecule has 1 unspecified atom stereocenters. The number of thiazole rings is 1. The number of carbonyl (C=O) groups excluding carboxylic acids is 2. The fourth-order valence-electron chi connectivity index (χ4n) is 3.67. The van der Waals surface area contributed by atoms with Crippen molar-refractivity contribution in [3.63, 3.8) is 0 Å². The average molecular weight is 475 g/mol. The van der Waals surface area contributed by atoms with E-state index >= 15 is 0 Å². The standard InChI is InChI=1S/C27H26N2O4S/c1-4-22(26(31)32-3)29-23-16-21(33-17-19-8-6-5-7-9-19)14-15-24(23)34-27(29)28-25(30)20-12-10-18(2)11-13-20/h5-16,22H,4,17H2,1-3H3/b28-27-. The van der Waals surface area contributed by atoms with Crippen molar-refractivity contribution < 1.29 is 19.1 Å². The zero-order valence-electron chi connectivity index (χ0n) is 19.4. The summed E-state index contributed by atoms with van der Waals surface area (Å²) in [5.41, 5.74) is 3.38. The van der Waals surface area contributed by atoms with Crippen molar-refractivity contribution in [3.05, 3.63) is 94.3 Å². The first-order chi connectivity index (χ1) is 16.5. The van der Waals surface area contributed by atoms with Crippen LogP contribution < -0.4 is 9.54 Å². The van der Waals surface area contributed by atoms with E-state index in [0.29, 0.717) is 29.1 Å². The van der Waals surface area contributed by atoms with Crippen molar-refractivity contribution in [3.8, 4) is 5.75 Å². The molecule has 1 heterocycles. The lowest BCUT2D eigenvalue weighted by molar-refractivity contribution is -0.144. The molecule has 34 heavy (non-hydrogen) atoms. The maximum atomic E-state index is 12.9. The number of benzene rings is 3. The van der Waals surface area contributed by atoms with Gasteiger partial charge in [0.15, 0.2) is 4.80 Å². The molecule has 0 N–H and O–H groups in total. The molecule has 1 aromatic heterocycles. The predicted octanol–water partition coefficient (Wildman–Crippen LogP) is 5.46.